The van der Waals surface area contributed by atoms with Gasteiger partial charge < -0.3 is 4.74 Å². The van der Waals surface area contributed by atoms with E-state index in [0.717, 1.165) is 37.2 Å². The molecule has 9 heteroatoms. The fraction of sp³-hybridized carbons (Fsp3) is 0.364. The smallest absolute Gasteiger partial charge is 0.270 e. The number of hydrazone groups is 1. The largest absolute Gasteiger partial charge is 0.494 e. The number of nitro benzene ring substituents is 1. The summed E-state index contributed by atoms with van der Waals surface area (Å²) < 4.78 is 5.73. The molecular weight excluding hydrogens is 398 g/mol. The van der Waals surface area contributed by atoms with Crippen molar-refractivity contribution in [2.24, 2.45) is 5.10 Å². The molecule has 0 spiro atoms. The minimum Gasteiger partial charge on any atom is -0.494 e. The Hall–Kier alpha value is -3.30. The molecule has 2 aromatic rings. The van der Waals surface area contributed by atoms with Crippen LogP contribution in [0, 0.1) is 10.1 Å². The minimum absolute atomic E-state index is 0.00866. The van der Waals surface area contributed by atoms with Gasteiger partial charge in [-0.25, -0.2) is 16.3 Å². The maximum absolute atomic E-state index is 12.4. The van der Waals surface area contributed by atoms with Crippen molar-refractivity contribution in [1.82, 2.24) is 16.3 Å². The van der Waals surface area contributed by atoms with Crippen molar-refractivity contribution in [2.75, 3.05) is 6.61 Å². The number of carbonyl (C=O) groups excluding carboxylic acids is 1. The number of hydrazine groups is 1. The average Bonchev–Trinajstić information content (AvgIpc) is 3.28. The lowest BCUT2D eigenvalue weighted by atomic mass is 10.0. The van der Waals surface area contributed by atoms with Crippen LogP contribution in [0.5, 0.6) is 5.75 Å². The van der Waals surface area contributed by atoms with Gasteiger partial charge in [-0.3, -0.25) is 14.9 Å². The molecule has 1 fully saturated rings. The van der Waals surface area contributed by atoms with E-state index in [1.807, 2.05) is 24.3 Å². The third-order valence-corrected chi connectivity index (χ3v) is 4.99. The summed E-state index contributed by atoms with van der Waals surface area (Å²) in [5, 5.41) is 14.7. The van der Waals surface area contributed by atoms with Crippen LogP contribution < -0.4 is 21.0 Å². The third-order valence-electron chi connectivity index (χ3n) is 4.99. The van der Waals surface area contributed by atoms with Gasteiger partial charge in [-0.2, -0.15) is 5.10 Å². The minimum atomic E-state index is -0.477. The van der Waals surface area contributed by atoms with E-state index in [9.17, 15) is 14.9 Å². The second kappa shape index (κ2) is 11.2. The second-order valence-electron chi connectivity index (χ2n) is 7.34. The van der Waals surface area contributed by atoms with Crippen LogP contribution in [0.25, 0.3) is 0 Å². The predicted octanol–water partition coefficient (Wildman–Crippen LogP) is 3.22. The lowest BCUT2D eigenvalue weighted by Crippen LogP contribution is -2.41. The topological polar surface area (TPSA) is 118 Å². The Balaban J connectivity index is 1.47. The van der Waals surface area contributed by atoms with E-state index in [4.69, 9.17) is 4.74 Å². The molecule has 0 saturated carbocycles. The van der Waals surface area contributed by atoms with Crippen LogP contribution in [-0.2, 0) is 4.79 Å². The average molecular weight is 425 g/mol. The number of hydrogen-bond donors (Lipinski definition) is 3. The first-order chi connectivity index (χ1) is 15.1. The van der Waals surface area contributed by atoms with Crippen molar-refractivity contribution in [3.63, 3.8) is 0 Å². The summed E-state index contributed by atoms with van der Waals surface area (Å²) in [5.74, 6) is 0.558. The van der Waals surface area contributed by atoms with Crippen LogP contribution in [0.3, 0.4) is 0 Å². The molecule has 3 N–H and O–H groups in total. The maximum atomic E-state index is 12.4. The molecule has 2 atom stereocenters. The number of rotatable bonds is 10. The quantitative estimate of drug-likeness (QED) is 0.233. The molecule has 2 aromatic carbocycles. The molecule has 0 radical (unpaired) electrons. The molecule has 1 saturated heterocycles. The van der Waals surface area contributed by atoms with Crippen LogP contribution in [-0.4, -0.2) is 29.7 Å². The SMILES string of the molecule is CCCCCOc1ccc(C2CC(C(=O)N/N=C/c3cccc([N+](=O)[O-])c3)NN2)cc1. The summed E-state index contributed by atoms with van der Waals surface area (Å²) in [6, 6.07) is 13.4. The Morgan fingerprint density at radius 2 is 2.06 bits per heavy atom. The summed E-state index contributed by atoms with van der Waals surface area (Å²) in [6.07, 6.45) is 5.32. The number of hydrogen-bond acceptors (Lipinski definition) is 7. The monoisotopic (exact) mass is 425 g/mol. The number of non-ortho nitro benzene ring substituents is 1. The molecule has 0 aromatic heterocycles. The highest BCUT2D eigenvalue weighted by molar-refractivity contribution is 5.85. The summed E-state index contributed by atoms with van der Waals surface area (Å²) >= 11 is 0. The first-order valence-corrected chi connectivity index (χ1v) is 10.4. The van der Waals surface area contributed by atoms with Crippen LogP contribution in [0.4, 0.5) is 5.69 Å². The normalized spacial score (nSPS) is 18.2. The van der Waals surface area contributed by atoms with Crippen molar-refractivity contribution in [3.05, 3.63) is 69.8 Å². The Bertz CT molecular complexity index is 916. The summed E-state index contributed by atoms with van der Waals surface area (Å²) in [6.45, 7) is 2.88. The highest BCUT2D eigenvalue weighted by Crippen LogP contribution is 2.24. The van der Waals surface area contributed by atoms with Crippen LogP contribution in [0.2, 0.25) is 0 Å². The molecule has 1 aliphatic heterocycles. The highest BCUT2D eigenvalue weighted by Gasteiger charge is 2.30. The zero-order valence-electron chi connectivity index (χ0n) is 17.4. The number of benzene rings is 2. The number of carbonyl (C=O) groups is 1. The van der Waals surface area contributed by atoms with E-state index < -0.39 is 11.0 Å². The molecule has 164 valence electrons. The van der Waals surface area contributed by atoms with Gasteiger partial charge in [-0.05, 0) is 30.5 Å². The van der Waals surface area contributed by atoms with Crippen molar-refractivity contribution in [1.29, 1.82) is 0 Å². The zero-order valence-corrected chi connectivity index (χ0v) is 17.4. The molecular formula is C22H27N5O4. The number of nitrogens with one attached hydrogen (secondary N) is 3. The van der Waals surface area contributed by atoms with Crippen molar-refractivity contribution in [2.45, 2.75) is 44.7 Å². The molecule has 2 unspecified atom stereocenters. The lowest BCUT2D eigenvalue weighted by Gasteiger charge is -2.11. The summed E-state index contributed by atoms with van der Waals surface area (Å²) in [4.78, 5) is 22.7. The van der Waals surface area contributed by atoms with Gasteiger partial charge in [-0.15, -0.1) is 0 Å². The van der Waals surface area contributed by atoms with E-state index >= 15 is 0 Å². The van der Waals surface area contributed by atoms with Gasteiger partial charge in [-0.1, -0.05) is 44.0 Å². The Morgan fingerprint density at radius 3 is 2.81 bits per heavy atom. The first kappa shape index (κ1) is 22.4. The number of ether oxygens (including phenoxy) is 1. The van der Waals surface area contributed by atoms with Gasteiger partial charge in [0.25, 0.3) is 11.6 Å². The Labute approximate surface area is 181 Å². The fourth-order valence-corrected chi connectivity index (χ4v) is 3.25. The summed E-state index contributed by atoms with van der Waals surface area (Å²) in [5.41, 5.74) is 10.1. The molecule has 1 heterocycles. The van der Waals surface area contributed by atoms with Gasteiger partial charge in [0, 0.05) is 23.7 Å². The second-order valence-corrected chi connectivity index (χ2v) is 7.34. The number of nitro groups is 1. The van der Waals surface area contributed by atoms with Gasteiger partial charge in [0.05, 0.1) is 17.7 Å². The van der Waals surface area contributed by atoms with Crippen molar-refractivity contribution in [3.8, 4) is 5.75 Å². The Morgan fingerprint density at radius 1 is 1.26 bits per heavy atom. The Kier molecular flexibility index (Phi) is 8.08. The van der Waals surface area contributed by atoms with Crippen LogP contribution in [0.15, 0.2) is 53.6 Å². The van der Waals surface area contributed by atoms with E-state index in [1.54, 1.807) is 12.1 Å². The summed E-state index contributed by atoms with van der Waals surface area (Å²) in [7, 11) is 0. The number of amides is 1. The third kappa shape index (κ3) is 6.59. The number of nitrogens with zero attached hydrogens (tertiary/aromatic N) is 2. The molecule has 9 nitrogen and oxygen atoms in total. The van der Waals surface area contributed by atoms with Crippen molar-refractivity contribution < 1.29 is 14.5 Å². The van der Waals surface area contributed by atoms with Crippen molar-refractivity contribution >= 4 is 17.8 Å². The highest BCUT2D eigenvalue weighted by atomic mass is 16.6. The first-order valence-electron chi connectivity index (χ1n) is 10.4. The van der Waals surface area contributed by atoms with E-state index in [1.165, 1.54) is 18.3 Å². The van der Waals surface area contributed by atoms with Gasteiger partial charge in [0.15, 0.2) is 0 Å². The van der Waals surface area contributed by atoms with E-state index in [2.05, 4.69) is 28.3 Å². The maximum Gasteiger partial charge on any atom is 0.270 e. The zero-order chi connectivity index (χ0) is 22.1. The number of unbranched alkanes of at least 4 members (excludes halogenated alkanes) is 2. The lowest BCUT2D eigenvalue weighted by molar-refractivity contribution is -0.384. The van der Waals surface area contributed by atoms with Gasteiger partial charge in [0.2, 0.25) is 0 Å². The molecule has 0 bridgehead atoms. The molecule has 1 amide bonds. The van der Waals surface area contributed by atoms with E-state index in [-0.39, 0.29) is 17.6 Å². The van der Waals surface area contributed by atoms with Gasteiger partial charge in [0.1, 0.15) is 11.8 Å². The molecule has 1 aliphatic rings. The van der Waals surface area contributed by atoms with Crippen LogP contribution >= 0.6 is 0 Å². The standard InChI is InChI=1S/C22H27N5O4/c1-2-3-4-12-31-19-10-8-17(9-11-19)20-14-21(25-24-20)22(28)26-23-15-16-6-5-7-18(13-16)27(29)30/h5-11,13,15,20-21,24-25H,2-4,12,14H2,1H3,(H,26,28)/b23-15+. The van der Waals surface area contributed by atoms with Gasteiger partial charge >= 0.3 is 0 Å². The molecule has 31 heavy (non-hydrogen) atoms. The molecule has 0 aliphatic carbocycles. The van der Waals surface area contributed by atoms with E-state index in [0.29, 0.717) is 12.0 Å². The van der Waals surface area contributed by atoms with Crippen LogP contribution in [0.1, 0.15) is 49.8 Å². The molecule has 3 rings (SSSR count). The predicted molar refractivity (Wildman–Crippen MR) is 118 cm³/mol. The fourth-order valence-electron chi connectivity index (χ4n) is 3.25.